The van der Waals surface area contributed by atoms with Gasteiger partial charge in [-0.3, -0.25) is 4.90 Å². The Labute approximate surface area is 141 Å². The molecule has 0 spiro atoms. The monoisotopic (exact) mass is 327 g/mol. The first kappa shape index (κ1) is 16.5. The lowest BCUT2D eigenvalue weighted by atomic mass is 10.2. The molecule has 0 atom stereocenters. The summed E-state index contributed by atoms with van der Waals surface area (Å²) in [6, 6.07) is 14.5. The summed E-state index contributed by atoms with van der Waals surface area (Å²) in [7, 11) is 0. The zero-order valence-electron chi connectivity index (χ0n) is 13.8. The number of amides is 2. The van der Waals surface area contributed by atoms with Crippen molar-refractivity contribution in [3.8, 4) is 0 Å². The van der Waals surface area contributed by atoms with Crippen molar-refractivity contribution in [2.75, 3.05) is 31.5 Å². The summed E-state index contributed by atoms with van der Waals surface area (Å²) in [6.07, 6.45) is 0. The zero-order valence-corrected chi connectivity index (χ0v) is 13.8. The molecule has 1 aliphatic heterocycles. The summed E-state index contributed by atoms with van der Waals surface area (Å²) in [4.78, 5) is 16.3. The van der Waals surface area contributed by atoms with Gasteiger partial charge in [0.2, 0.25) is 0 Å². The number of piperazine rings is 1. The van der Waals surface area contributed by atoms with E-state index in [2.05, 4.69) is 10.2 Å². The fourth-order valence-corrected chi connectivity index (χ4v) is 2.90. The van der Waals surface area contributed by atoms with Crippen LogP contribution in [-0.2, 0) is 6.54 Å². The van der Waals surface area contributed by atoms with Crippen molar-refractivity contribution in [3.05, 3.63) is 65.5 Å². The van der Waals surface area contributed by atoms with Crippen molar-refractivity contribution in [2.24, 2.45) is 0 Å². The lowest BCUT2D eigenvalue weighted by molar-refractivity contribution is 0.142. The number of carbonyl (C=O) groups excluding carboxylic acids is 1. The Bertz CT molecular complexity index is 711. The highest BCUT2D eigenvalue weighted by molar-refractivity contribution is 5.89. The maximum Gasteiger partial charge on any atom is 0.321 e. The van der Waals surface area contributed by atoms with Crippen LogP contribution in [0.5, 0.6) is 0 Å². The standard InChI is InChI=1S/C19H22FN3O/c1-15-5-4-7-17(13-15)21-19(24)23-11-9-22(10-12-23)14-16-6-2-3-8-18(16)20/h2-8,13H,9-12,14H2,1H3,(H,21,24). The van der Waals surface area contributed by atoms with Crippen molar-refractivity contribution in [1.82, 2.24) is 9.80 Å². The Kier molecular flexibility index (Phi) is 5.11. The highest BCUT2D eigenvalue weighted by Crippen LogP contribution is 2.14. The number of carbonyl (C=O) groups is 1. The van der Waals surface area contributed by atoms with Crippen LogP contribution in [-0.4, -0.2) is 42.0 Å². The number of halogens is 1. The minimum absolute atomic E-state index is 0.0776. The van der Waals surface area contributed by atoms with Crippen molar-refractivity contribution < 1.29 is 9.18 Å². The fourth-order valence-electron chi connectivity index (χ4n) is 2.90. The third-order valence-corrected chi connectivity index (χ3v) is 4.28. The molecule has 0 aromatic heterocycles. The molecule has 1 saturated heterocycles. The molecule has 1 N–H and O–H groups in total. The van der Waals surface area contributed by atoms with Gasteiger partial charge in [0.25, 0.3) is 0 Å². The third kappa shape index (κ3) is 4.11. The van der Waals surface area contributed by atoms with Crippen molar-refractivity contribution >= 4 is 11.7 Å². The topological polar surface area (TPSA) is 35.6 Å². The van der Waals surface area contributed by atoms with Crippen LogP contribution in [0, 0.1) is 12.7 Å². The number of hydrogen-bond donors (Lipinski definition) is 1. The second kappa shape index (κ2) is 7.45. The normalized spacial score (nSPS) is 15.3. The molecule has 0 bridgehead atoms. The Hall–Kier alpha value is -2.40. The Morgan fingerprint density at radius 1 is 1.08 bits per heavy atom. The molecule has 5 heteroatoms. The van der Waals surface area contributed by atoms with E-state index >= 15 is 0 Å². The first-order valence-electron chi connectivity index (χ1n) is 8.20. The van der Waals surface area contributed by atoms with Gasteiger partial charge in [-0.05, 0) is 30.7 Å². The SMILES string of the molecule is Cc1cccc(NC(=O)N2CCN(Cc3ccccc3F)CC2)c1. The van der Waals surface area contributed by atoms with Gasteiger partial charge in [0.15, 0.2) is 0 Å². The molecule has 0 unspecified atom stereocenters. The van der Waals surface area contributed by atoms with Gasteiger partial charge in [0.1, 0.15) is 5.82 Å². The van der Waals surface area contributed by atoms with E-state index in [1.54, 1.807) is 11.0 Å². The van der Waals surface area contributed by atoms with Gasteiger partial charge < -0.3 is 10.2 Å². The molecule has 1 aliphatic rings. The average molecular weight is 327 g/mol. The Morgan fingerprint density at radius 2 is 1.83 bits per heavy atom. The summed E-state index contributed by atoms with van der Waals surface area (Å²) in [5, 5.41) is 2.93. The Balaban J connectivity index is 1.51. The minimum Gasteiger partial charge on any atom is -0.322 e. The summed E-state index contributed by atoms with van der Waals surface area (Å²) in [6.45, 7) is 5.36. The van der Waals surface area contributed by atoms with E-state index in [-0.39, 0.29) is 11.8 Å². The summed E-state index contributed by atoms with van der Waals surface area (Å²) < 4.78 is 13.7. The van der Waals surface area contributed by atoms with Crippen LogP contribution < -0.4 is 5.32 Å². The zero-order chi connectivity index (χ0) is 16.9. The van der Waals surface area contributed by atoms with Gasteiger partial charge in [-0.15, -0.1) is 0 Å². The number of aryl methyl sites for hydroxylation is 1. The molecule has 3 rings (SSSR count). The van der Waals surface area contributed by atoms with Crippen LogP contribution in [0.1, 0.15) is 11.1 Å². The number of nitrogens with one attached hydrogen (secondary N) is 1. The highest BCUT2D eigenvalue weighted by Gasteiger charge is 2.21. The lowest BCUT2D eigenvalue weighted by Crippen LogP contribution is -2.49. The highest BCUT2D eigenvalue weighted by atomic mass is 19.1. The van der Waals surface area contributed by atoms with E-state index in [0.29, 0.717) is 25.2 Å². The predicted octanol–water partition coefficient (Wildman–Crippen LogP) is 3.48. The second-order valence-electron chi connectivity index (χ2n) is 6.15. The molecule has 2 amide bonds. The van der Waals surface area contributed by atoms with E-state index in [4.69, 9.17) is 0 Å². The van der Waals surface area contributed by atoms with Gasteiger partial charge in [0.05, 0.1) is 0 Å². The molecule has 24 heavy (non-hydrogen) atoms. The number of benzene rings is 2. The summed E-state index contributed by atoms with van der Waals surface area (Å²) in [5.41, 5.74) is 2.63. The first-order chi connectivity index (χ1) is 11.6. The quantitative estimate of drug-likeness (QED) is 0.937. The average Bonchev–Trinajstić information content (AvgIpc) is 2.57. The van der Waals surface area contributed by atoms with Crippen LogP contribution in [0.4, 0.5) is 14.9 Å². The smallest absolute Gasteiger partial charge is 0.321 e. The number of anilines is 1. The van der Waals surface area contributed by atoms with Gasteiger partial charge in [-0.1, -0.05) is 30.3 Å². The van der Waals surface area contributed by atoms with Crippen LogP contribution in [0.2, 0.25) is 0 Å². The number of hydrogen-bond acceptors (Lipinski definition) is 2. The van der Waals surface area contributed by atoms with Crippen LogP contribution in [0.15, 0.2) is 48.5 Å². The molecule has 2 aromatic rings. The van der Waals surface area contributed by atoms with Crippen molar-refractivity contribution in [2.45, 2.75) is 13.5 Å². The molecule has 2 aromatic carbocycles. The summed E-state index contributed by atoms with van der Waals surface area (Å²) >= 11 is 0. The fraction of sp³-hybridized carbons (Fsp3) is 0.316. The van der Waals surface area contributed by atoms with Gasteiger partial charge in [0, 0.05) is 44.0 Å². The van der Waals surface area contributed by atoms with Gasteiger partial charge in [-0.2, -0.15) is 0 Å². The van der Waals surface area contributed by atoms with E-state index in [0.717, 1.165) is 24.3 Å². The van der Waals surface area contributed by atoms with Gasteiger partial charge >= 0.3 is 6.03 Å². The van der Waals surface area contributed by atoms with E-state index in [1.807, 2.05) is 43.3 Å². The van der Waals surface area contributed by atoms with Gasteiger partial charge in [-0.25, -0.2) is 9.18 Å². The van der Waals surface area contributed by atoms with E-state index < -0.39 is 0 Å². The molecule has 0 radical (unpaired) electrons. The molecule has 0 saturated carbocycles. The number of urea groups is 1. The molecular weight excluding hydrogens is 305 g/mol. The molecule has 126 valence electrons. The Morgan fingerprint density at radius 3 is 2.54 bits per heavy atom. The number of nitrogens with zero attached hydrogens (tertiary/aromatic N) is 2. The lowest BCUT2D eigenvalue weighted by Gasteiger charge is -2.34. The maximum absolute atomic E-state index is 13.7. The van der Waals surface area contributed by atoms with Crippen LogP contribution in [0.25, 0.3) is 0 Å². The molecular formula is C19H22FN3O. The molecule has 0 aliphatic carbocycles. The third-order valence-electron chi connectivity index (χ3n) is 4.28. The van der Waals surface area contributed by atoms with Crippen molar-refractivity contribution in [1.29, 1.82) is 0 Å². The number of rotatable bonds is 3. The van der Waals surface area contributed by atoms with Crippen LogP contribution in [0.3, 0.4) is 0 Å². The van der Waals surface area contributed by atoms with Crippen LogP contribution >= 0.6 is 0 Å². The van der Waals surface area contributed by atoms with E-state index in [9.17, 15) is 9.18 Å². The predicted molar refractivity (Wildman–Crippen MR) is 93.4 cm³/mol. The maximum atomic E-state index is 13.7. The molecule has 1 fully saturated rings. The minimum atomic E-state index is -0.169. The van der Waals surface area contributed by atoms with Crippen molar-refractivity contribution in [3.63, 3.8) is 0 Å². The molecule has 1 heterocycles. The first-order valence-corrected chi connectivity index (χ1v) is 8.20. The largest absolute Gasteiger partial charge is 0.322 e. The molecule has 4 nitrogen and oxygen atoms in total. The van der Waals surface area contributed by atoms with E-state index in [1.165, 1.54) is 6.07 Å². The summed E-state index contributed by atoms with van der Waals surface area (Å²) in [5.74, 6) is -0.169. The second-order valence-corrected chi connectivity index (χ2v) is 6.15.